The van der Waals surface area contributed by atoms with Gasteiger partial charge in [-0.3, -0.25) is 0 Å². The van der Waals surface area contributed by atoms with Crippen LogP contribution < -0.4 is 0 Å². The van der Waals surface area contributed by atoms with Crippen molar-refractivity contribution in [2.45, 2.75) is 455 Å². The highest BCUT2D eigenvalue weighted by molar-refractivity contribution is 5.15. The van der Waals surface area contributed by atoms with Crippen LogP contribution in [-0.2, 0) is 48.2 Å². The Balaban J connectivity index is 0.000000787. The molecule has 7 heteroatoms. The zero-order valence-corrected chi connectivity index (χ0v) is 72.1. The lowest BCUT2D eigenvalue weighted by molar-refractivity contribution is -0.0430. The van der Waals surface area contributed by atoms with Crippen LogP contribution in [0.4, 0.5) is 4.39 Å². The largest absolute Gasteiger partial charge is 0.379 e. The van der Waals surface area contributed by atoms with Gasteiger partial charge in [-0.2, -0.15) is 0 Å². The number of ether oxygens (including phenoxy) is 6. The highest BCUT2D eigenvalue weighted by atomic mass is 19.1. The van der Waals surface area contributed by atoms with Crippen molar-refractivity contribution in [1.82, 2.24) is 0 Å². The van der Waals surface area contributed by atoms with Crippen molar-refractivity contribution in [3.63, 3.8) is 0 Å². The Morgan fingerprint density at radius 1 is 0.276 bits per heavy atom. The highest BCUT2D eigenvalue weighted by Crippen LogP contribution is 2.27. The summed E-state index contributed by atoms with van der Waals surface area (Å²) in [6.07, 6.45) is 66.9. The predicted octanol–water partition coefficient (Wildman–Crippen LogP) is 31.4. The maximum absolute atomic E-state index is 12.7. The van der Waals surface area contributed by atoms with Crippen LogP contribution in [0.1, 0.15) is 428 Å². The summed E-state index contributed by atoms with van der Waals surface area (Å²) in [5.74, 6) is 0.929. The van der Waals surface area contributed by atoms with Crippen molar-refractivity contribution in [3.05, 3.63) is 108 Å². The molecule has 0 fully saturated rings. The normalized spacial score (nSPS) is 13.4. The lowest BCUT2D eigenvalue weighted by Crippen LogP contribution is -2.26. The summed E-state index contributed by atoms with van der Waals surface area (Å²) in [5.41, 5.74) is 4.43. The monoisotopic (exact) mass is 1470 g/mol. The molecule has 612 valence electrons. The van der Waals surface area contributed by atoms with Crippen molar-refractivity contribution >= 4 is 0 Å². The Morgan fingerprint density at radius 2 is 0.486 bits per heavy atom. The van der Waals surface area contributed by atoms with Crippen LogP contribution in [0.5, 0.6) is 0 Å². The number of hydrogen-bond donors (Lipinski definition) is 0. The fourth-order valence-electron chi connectivity index (χ4n) is 14.1. The molecular formula is C98H177FO6. The van der Waals surface area contributed by atoms with E-state index in [-0.39, 0.29) is 34.6 Å². The molecule has 0 aliphatic carbocycles. The minimum atomic E-state index is -0.620. The molecule has 0 bridgehead atoms. The minimum Gasteiger partial charge on any atom is -0.379 e. The van der Waals surface area contributed by atoms with Crippen molar-refractivity contribution in [1.29, 1.82) is 0 Å². The standard InChI is InChI=1S/2C33H60O2.C32H57FO2/c1-6-30(2)23-19-16-14-12-10-8-7-9-11-13-15-17-22-26-34-29-32(27-33(3,4)5)35-28-31-24-20-18-21-25-31;1-5-6-7-8-9-10-11-12-13-14-15-16-17-18-19-20-24-27-34-30-32(28-33(2,3)4)35-29-31-25-22-21-23-26-31;1-29(33)22-18-15-13-11-9-7-5-6-8-10-12-14-16-21-25-34-28-31(26-32(2,3)4)35-27-30-23-19-17-20-24-30/h18,20-21,24-25,30,32H,6-17,19,22-23,26-29H2,1-5H3;21-23,25-26,32H,5-20,24,27-30H2,1-4H3;17,19-20,23-24,29,31H,5-16,18,21-22,25-28H2,1-4H3. The Hall–Kier alpha value is -2.65. The molecule has 0 heterocycles. The molecule has 0 N–H and O–H groups in total. The summed E-state index contributed by atoms with van der Waals surface area (Å²) in [6, 6.07) is 31.4. The molecule has 5 unspecified atom stereocenters. The Bertz CT molecular complexity index is 2170. The van der Waals surface area contributed by atoms with Crippen LogP contribution >= 0.6 is 0 Å². The van der Waals surface area contributed by atoms with Crippen molar-refractivity contribution in [3.8, 4) is 0 Å². The van der Waals surface area contributed by atoms with E-state index in [0.29, 0.717) is 39.6 Å². The van der Waals surface area contributed by atoms with Gasteiger partial charge in [-0.1, -0.05) is 450 Å². The van der Waals surface area contributed by atoms with E-state index in [0.717, 1.165) is 64.3 Å². The zero-order valence-electron chi connectivity index (χ0n) is 72.1. The highest BCUT2D eigenvalue weighted by Gasteiger charge is 2.23. The van der Waals surface area contributed by atoms with Gasteiger partial charge in [0.1, 0.15) is 0 Å². The van der Waals surface area contributed by atoms with E-state index in [2.05, 4.69) is 168 Å². The molecule has 6 nitrogen and oxygen atoms in total. The molecular weight excluding hydrogens is 1290 g/mol. The Morgan fingerprint density at radius 3 is 0.695 bits per heavy atom. The Labute approximate surface area is 654 Å². The number of benzene rings is 3. The summed E-state index contributed by atoms with van der Waals surface area (Å²) in [5, 5.41) is 0. The van der Waals surface area contributed by atoms with Gasteiger partial charge >= 0.3 is 0 Å². The maximum atomic E-state index is 12.7. The van der Waals surface area contributed by atoms with Gasteiger partial charge in [0, 0.05) is 19.8 Å². The molecule has 3 rings (SSSR count). The van der Waals surface area contributed by atoms with Gasteiger partial charge in [0.2, 0.25) is 0 Å². The molecule has 3 aromatic carbocycles. The molecule has 0 saturated heterocycles. The molecule has 0 aromatic heterocycles. The molecule has 0 amide bonds. The first kappa shape index (κ1) is 100. The number of hydrogen-bond acceptors (Lipinski definition) is 6. The summed E-state index contributed by atoms with van der Waals surface area (Å²) >= 11 is 0. The van der Waals surface area contributed by atoms with E-state index in [1.165, 1.54) is 299 Å². The van der Waals surface area contributed by atoms with Crippen LogP contribution in [0.15, 0.2) is 91.0 Å². The van der Waals surface area contributed by atoms with E-state index >= 15 is 0 Å². The third-order valence-corrected chi connectivity index (χ3v) is 20.6. The second-order valence-electron chi connectivity index (χ2n) is 35.8. The van der Waals surface area contributed by atoms with Gasteiger partial charge in [-0.25, -0.2) is 4.39 Å². The van der Waals surface area contributed by atoms with E-state index < -0.39 is 6.17 Å². The van der Waals surface area contributed by atoms with E-state index in [9.17, 15) is 4.39 Å². The smallest absolute Gasteiger partial charge is 0.0973 e. The van der Waals surface area contributed by atoms with Gasteiger partial charge < -0.3 is 28.4 Å². The van der Waals surface area contributed by atoms with E-state index in [1.807, 2.05) is 6.07 Å². The van der Waals surface area contributed by atoms with Gasteiger partial charge in [0.05, 0.1) is 64.1 Å². The fraction of sp³-hybridized carbons (Fsp3) is 0.816. The van der Waals surface area contributed by atoms with Gasteiger partial charge in [0.15, 0.2) is 0 Å². The molecule has 0 spiro atoms. The van der Waals surface area contributed by atoms with Crippen LogP contribution in [0.2, 0.25) is 0 Å². The number of halogens is 1. The van der Waals surface area contributed by atoms with Crippen LogP contribution in [-0.4, -0.2) is 64.1 Å². The van der Waals surface area contributed by atoms with E-state index in [4.69, 9.17) is 28.4 Å². The quantitative estimate of drug-likeness (QED) is 0.0525. The fourth-order valence-corrected chi connectivity index (χ4v) is 14.1. The van der Waals surface area contributed by atoms with Gasteiger partial charge in [-0.05, 0) is 90.7 Å². The summed E-state index contributed by atoms with van der Waals surface area (Å²) in [4.78, 5) is 0. The Kier molecular flexibility index (Phi) is 68.5. The number of unbranched alkanes of at least 4 members (excludes halogenated alkanes) is 41. The first-order chi connectivity index (χ1) is 50.8. The summed E-state index contributed by atoms with van der Waals surface area (Å²) in [7, 11) is 0. The molecule has 0 aliphatic heterocycles. The summed E-state index contributed by atoms with van der Waals surface area (Å²) in [6.45, 7) is 35.9. The predicted molar refractivity (Wildman–Crippen MR) is 458 cm³/mol. The lowest BCUT2D eigenvalue weighted by Gasteiger charge is -2.26. The molecule has 0 aliphatic rings. The van der Waals surface area contributed by atoms with Gasteiger partial charge in [0.25, 0.3) is 0 Å². The molecule has 105 heavy (non-hydrogen) atoms. The van der Waals surface area contributed by atoms with Crippen molar-refractivity contribution in [2.75, 3.05) is 39.6 Å². The van der Waals surface area contributed by atoms with Crippen LogP contribution in [0.3, 0.4) is 0 Å². The lowest BCUT2D eigenvalue weighted by atomic mass is 9.89. The third kappa shape index (κ3) is 75.2. The molecule has 3 aromatic rings. The first-order valence-electron chi connectivity index (χ1n) is 45.1. The maximum Gasteiger partial charge on any atom is 0.0973 e. The number of rotatable bonds is 70. The average molecular weight is 1470 g/mol. The van der Waals surface area contributed by atoms with E-state index in [1.54, 1.807) is 6.92 Å². The zero-order chi connectivity index (χ0) is 76.7. The topological polar surface area (TPSA) is 55.4 Å². The average Bonchev–Trinajstić information content (AvgIpc) is 0.963. The van der Waals surface area contributed by atoms with Crippen molar-refractivity contribution < 1.29 is 32.8 Å². The second-order valence-corrected chi connectivity index (χ2v) is 35.8. The van der Waals surface area contributed by atoms with Crippen LogP contribution in [0, 0.1) is 22.2 Å². The molecule has 5 atom stereocenters. The van der Waals surface area contributed by atoms with Crippen LogP contribution in [0.25, 0.3) is 0 Å². The van der Waals surface area contributed by atoms with Crippen molar-refractivity contribution in [2.24, 2.45) is 22.2 Å². The first-order valence-corrected chi connectivity index (χ1v) is 45.1. The summed E-state index contributed by atoms with van der Waals surface area (Å²) < 4.78 is 49.4. The second kappa shape index (κ2) is 71.6. The minimum absolute atomic E-state index is 0.153. The number of alkyl halides is 1. The molecule has 0 saturated carbocycles. The SMILES string of the molecule is CC(F)CCCCCCCCCCCCCCCCOCC(CC(C)(C)C)OCc1ccccc1.CCC(C)CCCCCCCCCCCCCCCOCC(CC(C)(C)C)OCc1ccccc1.CCCCCCCCCCCCCCCCCCCOCC(CC(C)(C)C)OCc1ccccc1. The molecule has 0 radical (unpaired) electrons. The van der Waals surface area contributed by atoms with Gasteiger partial charge in [-0.15, -0.1) is 0 Å². The third-order valence-electron chi connectivity index (χ3n) is 20.6.